The summed E-state index contributed by atoms with van der Waals surface area (Å²) in [5.74, 6) is 2.84. The Morgan fingerprint density at radius 1 is 1.29 bits per heavy atom. The summed E-state index contributed by atoms with van der Waals surface area (Å²) in [5, 5.41) is 0. The SMILES string of the molecule is COCCN(c1nc(C2CC2)nc(N)c1C)C(C)COC. The number of nitrogens with two attached hydrogens (primary N) is 1. The van der Waals surface area contributed by atoms with E-state index in [1.165, 1.54) is 0 Å². The van der Waals surface area contributed by atoms with Crippen molar-refractivity contribution >= 4 is 11.6 Å². The van der Waals surface area contributed by atoms with Crippen LogP contribution in [0.4, 0.5) is 11.6 Å². The summed E-state index contributed by atoms with van der Waals surface area (Å²) >= 11 is 0. The molecule has 0 amide bonds. The van der Waals surface area contributed by atoms with Crippen molar-refractivity contribution in [1.29, 1.82) is 0 Å². The fourth-order valence-corrected chi connectivity index (χ4v) is 2.40. The first-order valence-corrected chi connectivity index (χ1v) is 7.47. The third kappa shape index (κ3) is 3.83. The van der Waals surface area contributed by atoms with Gasteiger partial charge in [0.2, 0.25) is 0 Å². The third-order valence-electron chi connectivity index (χ3n) is 3.87. The zero-order chi connectivity index (χ0) is 15.4. The summed E-state index contributed by atoms with van der Waals surface area (Å²) in [6.45, 7) is 6.11. The molecule has 0 radical (unpaired) electrons. The van der Waals surface area contributed by atoms with Crippen LogP contribution in [-0.4, -0.2) is 50.0 Å². The monoisotopic (exact) mass is 294 g/mol. The Balaban J connectivity index is 2.32. The maximum absolute atomic E-state index is 6.09. The van der Waals surface area contributed by atoms with Crippen LogP contribution in [0.25, 0.3) is 0 Å². The van der Waals surface area contributed by atoms with Crippen molar-refractivity contribution in [3.8, 4) is 0 Å². The molecule has 1 saturated carbocycles. The molecule has 6 heteroatoms. The number of methoxy groups -OCH3 is 2. The summed E-state index contributed by atoms with van der Waals surface area (Å²) in [7, 11) is 3.41. The molecule has 0 aromatic carbocycles. The highest BCUT2D eigenvalue weighted by Crippen LogP contribution is 2.39. The highest BCUT2D eigenvalue weighted by atomic mass is 16.5. The van der Waals surface area contributed by atoms with Gasteiger partial charge < -0.3 is 20.1 Å². The molecule has 0 saturated heterocycles. The highest BCUT2D eigenvalue weighted by Gasteiger charge is 2.29. The summed E-state index contributed by atoms with van der Waals surface area (Å²) in [4.78, 5) is 11.4. The number of nitrogens with zero attached hydrogens (tertiary/aromatic N) is 3. The topological polar surface area (TPSA) is 73.5 Å². The van der Waals surface area contributed by atoms with Crippen LogP contribution >= 0.6 is 0 Å². The first-order valence-electron chi connectivity index (χ1n) is 7.47. The minimum atomic E-state index is 0.199. The van der Waals surface area contributed by atoms with Gasteiger partial charge in [0.15, 0.2) is 0 Å². The van der Waals surface area contributed by atoms with Crippen LogP contribution in [0.2, 0.25) is 0 Å². The molecule has 1 aromatic rings. The lowest BCUT2D eigenvalue weighted by Gasteiger charge is -2.31. The number of aromatic nitrogens is 2. The van der Waals surface area contributed by atoms with Gasteiger partial charge in [-0.3, -0.25) is 0 Å². The largest absolute Gasteiger partial charge is 0.383 e. The molecule has 21 heavy (non-hydrogen) atoms. The Hall–Kier alpha value is -1.40. The Kier molecular flexibility index (Phi) is 5.36. The van der Waals surface area contributed by atoms with E-state index in [9.17, 15) is 0 Å². The Bertz CT molecular complexity index is 477. The van der Waals surface area contributed by atoms with Crippen molar-refractivity contribution in [2.45, 2.75) is 38.6 Å². The van der Waals surface area contributed by atoms with E-state index < -0.39 is 0 Å². The smallest absolute Gasteiger partial charge is 0.137 e. The van der Waals surface area contributed by atoms with Gasteiger partial charge in [-0.25, -0.2) is 9.97 Å². The molecule has 0 spiro atoms. The van der Waals surface area contributed by atoms with Crippen molar-refractivity contribution in [3.05, 3.63) is 11.4 Å². The van der Waals surface area contributed by atoms with Gasteiger partial charge in [0.25, 0.3) is 0 Å². The lowest BCUT2D eigenvalue weighted by atomic mass is 10.2. The van der Waals surface area contributed by atoms with Crippen molar-refractivity contribution in [3.63, 3.8) is 0 Å². The molecule has 1 unspecified atom stereocenters. The van der Waals surface area contributed by atoms with Crippen LogP contribution < -0.4 is 10.6 Å². The Morgan fingerprint density at radius 3 is 2.57 bits per heavy atom. The number of hydrogen-bond donors (Lipinski definition) is 1. The molecule has 1 atom stereocenters. The van der Waals surface area contributed by atoms with Gasteiger partial charge in [-0.1, -0.05) is 0 Å². The second kappa shape index (κ2) is 7.04. The number of nitrogen functional groups attached to an aromatic ring is 1. The first-order chi connectivity index (χ1) is 10.1. The van der Waals surface area contributed by atoms with E-state index in [-0.39, 0.29) is 6.04 Å². The Labute approximate surface area is 126 Å². The number of ether oxygens (including phenoxy) is 2. The number of hydrogen-bond acceptors (Lipinski definition) is 6. The van der Waals surface area contributed by atoms with Gasteiger partial charge in [-0.2, -0.15) is 0 Å². The average molecular weight is 294 g/mol. The minimum Gasteiger partial charge on any atom is -0.383 e. The van der Waals surface area contributed by atoms with Crippen LogP contribution in [0.5, 0.6) is 0 Å². The van der Waals surface area contributed by atoms with E-state index in [2.05, 4.69) is 16.8 Å². The zero-order valence-electron chi connectivity index (χ0n) is 13.4. The third-order valence-corrected chi connectivity index (χ3v) is 3.87. The Morgan fingerprint density at radius 2 is 2.00 bits per heavy atom. The lowest BCUT2D eigenvalue weighted by Crippen LogP contribution is -2.40. The van der Waals surface area contributed by atoms with Crippen LogP contribution in [0.15, 0.2) is 0 Å². The van der Waals surface area contributed by atoms with E-state index >= 15 is 0 Å². The van der Waals surface area contributed by atoms with E-state index in [1.54, 1.807) is 14.2 Å². The molecule has 2 N–H and O–H groups in total. The maximum atomic E-state index is 6.09. The maximum Gasteiger partial charge on any atom is 0.137 e. The van der Waals surface area contributed by atoms with E-state index in [0.29, 0.717) is 24.9 Å². The zero-order valence-corrected chi connectivity index (χ0v) is 13.4. The molecule has 1 aliphatic rings. The van der Waals surface area contributed by atoms with Crippen LogP contribution in [0.1, 0.15) is 37.1 Å². The van der Waals surface area contributed by atoms with Crippen LogP contribution in [-0.2, 0) is 9.47 Å². The second-order valence-electron chi connectivity index (χ2n) is 5.68. The highest BCUT2D eigenvalue weighted by molar-refractivity contribution is 5.57. The average Bonchev–Trinajstić information content (AvgIpc) is 3.28. The molecule has 2 rings (SSSR count). The van der Waals surface area contributed by atoms with E-state index in [0.717, 1.165) is 36.6 Å². The van der Waals surface area contributed by atoms with Gasteiger partial charge >= 0.3 is 0 Å². The minimum absolute atomic E-state index is 0.199. The van der Waals surface area contributed by atoms with E-state index in [4.69, 9.17) is 20.2 Å². The van der Waals surface area contributed by atoms with Gasteiger partial charge in [0.1, 0.15) is 17.5 Å². The second-order valence-corrected chi connectivity index (χ2v) is 5.68. The molecule has 6 nitrogen and oxygen atoms in total. The fraction of sp³-hybridized carbons (Fsp3) is 0.733. The normalized spacial score (nSPS) is 16.0. The molecule has 1 fully saturated rings. The standard InChI is InChI=1S/C15H26N4O2/c1-10(9-21-4)19(7-8-20-3)15-11(2)13(16)17-14(18-15)12-5-6-12/h10,12H,5-9H2,1-4H3,(H2,16,17,18). The molecule has 1 heterocycles. The predicted octanol–water partition coefficient (Wildman–Crippen LogP) is 1.73. The molecule has 1 aliphatic carbocycles. The fourth-order valence-electron chi connectivity index (χ4n) is 2.40. The number of rotatable bonds is 8. The quantitative estimate of drug-likeness (QED) is 0.787. The van der Waals surface area contributed by atoms with Crippen LogP contribution in [0.3, 0.4) is 0 Å². The molecule has 0 bridgehead atoms. The van der Waals surface area contributed by atoms with Gasteiger partial charge in [-0.05, 0) is 26.7 Å². The lowest BCUT2D eigenvalue weighted by molar-refractivity contribution is 0.170. The molecule has 0 aliphatic heterocycles. The van der Waals surface area contributed by atoms with Crippen molar-refractivity contribution in [2.24, 2.45) is 0 Å². The van der Waals surface area contributed by atoms with Crippen molar-refractivity contribution in [2.75, 3.05) is 44.6 Å². The van der Waals surface area contributed by atoms with Gasteiger partial charge in [-0.15, -0.1) is 0 Å². The molecular weight excluding hydrogens is 268 g/mol. The van der Waals surface area contributed by atoms with Gasteiger partial charge in [0, 0.05) is 32.2 Å². The summed E-state index contributed by atoms with van der Waals surface area (Å²) in [6, 6.07) is 0.199. The molecular formula is C15H26N4O2. The first kappa shape index (κ1) is 16.0. The molecule has 1 aromatic heterocycles. The van der Waals surface area contributed by atoms with Crippen LogP contribution in [0, 0.1) is 6.92 Å². The summed E-state index contributed by atoms with van der Waals surface area (Å²) < 4.78 is 10.5. The van der Waals surface area contributed by atoms with Crippen molar-refractivity contribution in [1.82, 2.24) is 9.97 Å². The van der Waals surface area contributed by atoms with E-state index in [1.807, 2.05) is 6.92 Å². The summed E-state index contributed by atoms with van der Waals surface area (Å²) in [5.41, 5.74) is 7.02. The number of anilines is 2. The van der Waals surface area contributed by atoms with Gasteiger partial charge in [0.05, 0.1) is 19.3 Å². The predicted molar refractivity (Wildman–Crippen MR) is 83.7 cm³/mol. The summed E-state index contributed by atoms with van der Waals surface area (Å²) in [6.07, 6.45) is 2.32. The molecule has 118 valence electrons. The van der Waals surface area contributed by atoms with Crippen molar-refractivity contribution < 1.29 is 9.47 Å².